The quantitative estimate of drug-likeness (QED) is 0.849. The van der Waals surface area contributed by atoms with Gasteiger partial charge in [-0.05, 0) is 37.7 Å². The Morgan fingerprint density at radius 2 is 2.25 bits per heavy atom. The largest absolute Gasteiger partial charge is 0.384 e. The fraction of sp³-hybridized carbons (Fsp3) is 0.588. The van der Waals surface area contributed by atoms with Gasteiger partial charge < -0.3 is 15.0 Å². The van der Waals surface area contributed by atoms with Crippen LogP contribution in [0.4, 0.5) is 17.6 Å². The number of hydrogen-bond donors (Lipinski definition) is 2. The molecule has 1 aliphatic carbocycles. The van der Waals surface area contributed by atoms with Crippen LogP contribution in [0.25, 0.3) is 0 Å². The van der Waals surface area contributed by atoms with Crippen LogP contribution in [-0.2, 0) is 4.74 Å². The van der Waals surface area contributed by atoms with Crippen molar-refractivity contribution in [2.75, 3.05) is 37.0 Å². The zero-order valence-corrected chi connectivity index (χ0v) is 14.0. The standard InChI is InChI=1S/C17H24N6O/c1-24-11-12-3-2-8-23(10-12)17-18-7-6-15(20-17)19-16-9-14(21-22-16)13-4-5-13/h6-7,9,12-13H,2-5,8,10-11H2,1H3,(H2,18,19,20,21,22)/t12-/m0/s1. The second-order valence-corrected chi connectivity index (χ2v) is 6.76. The Bertz CT molecular complexity index is 681. The maximum atomic E-state index is 5.30. The van der Waals surface area contributed by atoms with Crippen LogP contribution in [0.1, 0.15) is 37.3 Å². The molecule has 7 nitrogen and oxygen atoms in total. The maximum absolute atomic E-state index is 5.30. The molecule has 0 radical (unpaired) electrons. The zero-order valence-electron chi connectivity index (χ0n) is 14.0. The molecule has 0 spiro atoms. The lowest BCUT2D eigenvalue weighted by molar-refractivity contribution is 0.143. The van der Waals surface area contributed by atoms with Crippen LogP contribution in [-0.4, -0.2) is 47.0 Å². The van der Waals surface area contributed by atoms with E-state index in [0.29, 0.717) is 11.8 Å². The molecule has 2 fully saturated rings. The molecule has 3 heterocycles. The molecule has 2 aromatic heterocycles. The molecule has 1 aliphatic heterocycles. The fourth-order valence-corrected chi connectivity index (χ4v) is 3.32. The normalized spacial score (nSPS) is 21.0. The number of nitrogens with one attached hydrogen (secondary N) is 2. The second kappa shape index (κ2) is 6.76. The molecule has 0 unspecified atom stereocenters. The van der Waals surface area contributed by atoms with Crippen molar-refractivity contribution in [1.29, 1.82) is 0 Å². The third kappa shape index (κ3) is 3.51. The molecule has 1 saturated heterocycles. The molecule has 2 aliphatic rings. The third-order valence-electron chi connectivity index (χ3n) is 4.72. The van der Waals surface area contributed by atoms with Crippen LogP contribution in [0.5, 0.6) is 0 Å². The summed E-state index contributed by atoms with van der Waals surface area (Å²) < 4.78 is 5.30. The van der Waals surface area contributed by atoms with Gasteiger partial charge in [-0.1, -0.05) is 0 Å². The van der Waals surface area contributed by atoms with E-state index in [4.69, 9.17) is 4.74 Å². The number of nitrogens with zero attached hydrogens (tertiary/aromatic N) is 4. The van der Waals surface area contributed by atoms with Crippen LogP contribution in [0.15, 0.2) is 18.3 Å². The summed E-state index contributed by atoms with van der Waals surface area (Å²) in [5.41, 5.74) is 1.21. The summed E-state index contributed by atoms with van der Waals surface area (Å²) in [7, 11) is 1.76. The van der Waals surface area contributed by atoms with Crippen molar-refractivity contribution in [3.05, 3.63) is 24.0 Å². The highest BCUT2D eigenvalue weighted by Gasteiger charge is 2.25. The number of piperidine rings is 1. The molecular formula is C17H24N6O. The van der Waals surface area contributed by atoms with Gasteiger partial charge >= 0.3 is 0 Å². The number of aromatic nitrogens is 4. The Morgan fingerprint density at radius 1 is 1.33 bits per heavy atom. The van der Waals surface area contributed by atoms with Gasteiger partial charge in [-0.2, -0.15) is 10.1 Å². The number of ether oxygens (including phenoxy) is 1. The molecule has 128 valence electrons. The second-order valence-electron chi connectivity index (χ2n) is 6.76. The zero-order chi connectivity index (χ0) is 16.4. The number of aromatic amines is 1. The predicted octanol–water partition coefficient (Wildman–Crippen LogP) is 2.68. The molecule has 0 bridgehead atoms. The van der Waals surface area contributed by atoms with Crippen molar-refractivity contribution >= 4 is 17.6 Å². The van der Waals surface area contributed by atoms with E-state index in [1.54, 1.807) is 13.3 Å². The van der Waals surface area contributed by atoms with Gasteiger partial charge in [-0.25, -0.2) is 4.98 Å². The number of hydrogen-bond acceptors (Lipinski definition) is 6. The molecule has 24 heavy (non-hydrogen) atoms. The predicted molar refractivity (Wildman–Crippen MR) is 92.7 cm³/mol. The minimum Gasteiger partial charge on any atom is -0.384 e. The first-order chi connectivity index (χ1) is 11.8. The number of anilines is 3. The Kier molecular flexibility index (Phi) is 4.34. The van der Waals surface area contributed by atoms with E-state index >= 15 is 0 Å². The maximum Gasteiger partial charge on any atom is 0.227 e. The van der Waals surface area contributed by atoms with Gasteiger partial charge in [0.25, 0.3) is 0 Å². The van der Waals surface area contributed by atoms with Crippen LogP contribution < -0.4 is 10.2 Å². The van der Waals surface area contributed by atoms with Crippen molar-refractivity contribution in [2.24, 2.45) is 5.92 Å². The van der Waals surface area contributed by atoms with Crippen molar-refractivity contribution in [1.82, 2.24) is 20.2 Å². The molecule has 0 amide bonds. The number of H-pyrrole nitrogens is 1. The average Bonchev–Trinajstić information content (AvgIpc) is 3.36. The minimum absolute atomic E-state index is 0.552. The summed E-state index contributed by atoms with van der Waals surface area (Å²) in [4.78, 5) is 11.4. The molecule has 4 rings (SSSR count). The van der Waals surface area contributed by atoms with Crippen molar-refractivity contribution in [3.63, 3.8) is 0 Å². The smallest absolute Gasteiger partial charge is 0.227 e. The van der Waals surface area contributed by atoms with E-state index in [0.717, 1.165) is 43.7 Å². The number of rotatable bonds is 6. The lowest BCUT2D eigenvalue weighted by Crippen LogP contribution is -2.38. The summed E-state index contributed by atoms with van der Waals surface area (Å²) in [6.07, 6.45) is 6.69. The summed E-state index contributed by atoms with van der Waals surface area (Å²) in [5, 5.41) is 10.7. The monoisotopic (exact) mass is 328 g/mol. The Hall–Kier alpha value is -2.15. The molecule has 0 aromatic carbocycles. The Balaban J connectivity index is 1.44. The topological polar surface area (TPSA) is 79.0 Å². The van der Waals surface area contributed by atoms with Crippen molar-refractivity contribution in [2.45, 2.75) is 31.6 Å². The van der Waals surface area contributed by atoms with Crippen molar-refractivity contribution in [3.8, 4) is 0 Å². The fourth-order valence-electron chi connectivity index (χ4n) is 3.32. The SMILES string of the molecule is COC[C@H]1CCCN(c2nccc(Nc3cc(C4CC4)[nH]n3)n2)C1. The van der Waals surface area contributed by atoms with Gasteiger partial charge in [0.15, 0.2) is 5.82 Å². The van der Waals surface area contributed by atoms with Crippen LogP contribution >= 0.6 is 0 Å². The minimum atomic E-state index is 0.552. The molecule has 1 atom stereocenters. The van der Waals surface area contributed by atoms with Gasteiger partial charge in [0, 0.05) is 44.1 Å². The van der Waals surface area contributed by atoms with Crippen LogP contribution in [0.3, 0.4) is 0 Å². The van der Waals surface area contributed by atoms with E-state index in [2.05, 4.69) is 36.4 Å². The van der Waals surface area contributed by atoms with E-state index < -0.39 is 0 Å². The van der Waals surface area contributed by atoms with E-state index in [-0.39, 0.29) is 0 Å². The van der Waals surface area contributed by atoms with Gasteiger partial charge in [-0.15, -0.1) is 0 Å². The first-order valence-corrected chi connectivity index (χ1v) is 8.71. The van der Waals surface area contributed by atoms with Gasteiger partial charge in [-0.3, -0.25) is 5.10 Å². The highest BCUT2D eigenvalue weighted by molar-refractivity contribution is 5.53. The van der Waals surface area contributed by atoms with Gasteiger partial charge in [0.2, 0.25) is 5.95 Å². The Labute approximate surface area is 141 Å². The van der Waals surface area contributed by atoms with Crippen LogP contribution in [0, 0.1) is 5.92 Å². The average molecular weight is 328 g/mol. The molecule has 2 N–H and O–H groups in total. The van der Waals surface area contributed by atoms with Crippen LogP contribution in [0.2, 0.25) is 0 Å². The lowest BCUT2D eigenvalue weighted by atomic mass is 9.99. The Morgan fingerprint density at radius 3 is 3.08 bits per heavy atom. The first kappa shape index (κ1) is 15.4. The van der Waals surface area contributed by atoms with E-state index in [1.807, 2.05) is 6.07 Å². The lowest BCUT2D eigenvalue weighted by Gasteiger charge is -2.32. The van der Waals surface area contributed by atoms with Gasteiger partial charge in [0.1, 0.15) is 5.82 Å². The van der Waals surface area contributed by atoms with E-state index in [9.17, 15) is 0 Å². The first-order valence-electron chi connectivity index (χ1n) is 8.71. The highest BCUT2D eigenvalue weighted by atomic mass is 16.5. The highest BCUT2D eigenvalue weighted by Crippen LogP contribution is 2.39. The molecule has 2 aromatic rings. The summed E-state index contributed by atoms with van der Waals surface area (Å²) in [6.45, 7) is 2.75. The third-order valence-corrected chi connectivity index (χ3v) is 4.72. The number of methoxy groups -OCH3 is 1. The molecule has 1 saturated carbocycles. The summed E-state index contributed by atoms with van der Waals surface area (Å²) >= 11 is 0. The summed E-state index contributed by atoms with van der Waals surface area (Å²) in [6, 6.07) is 3.96. The molecular weight excluding hydrogens is 304 g/mol. The summed E-state index contributed by atoms with van der Waals surface area (Å²) in [5.74, 6) is 3.59. The van der Waals surface area contributed by atoms with Gasteiger partial charge in [0.05, 0.1) is 6.61 Å². The van der Waals surface area contributed by atoms with E-state index in [1.165, 1.54) is 25.0 Å². The molecule has 7 heteroatoms. The van der Waals surface area contributed by atoms with Crippen molar-refractivity contribution < 1.29 is 4.74 Å².